The Morgan fingerprint density at radius 3 is 2.46 bits per heavy atom. The van der Waals surface area contributed by atoms with E-state index in [0.717, 1.165) is 16.2 Å². The van der Waals surface area contributed by atoms with E-state index in [4.69, 9.17) is 0 Å². The van der Waals surface area contributed by atoms with Crippen molar-refractivity contribution in [3.05, 3.63) is 36.2 Å². The van der Waals surface area contributed by atoms with Crippen LogP contribution in [-0.2, 0) is 10.0 Å². The Labute approximate surface area is 135 Å². The maximum atomic E-state index is 12.4. The number of alkyl halides is 3. The standard InChI is InChI=1S/C14H13F3N2O4S/c1-9(2)24(21,22)19-7-12(6-18-19)10-3-4-11(8-20)13(5-10)23-14(15,16)17/h3-9H,1-2H3. The molecule has 0 N–H and O–H groups in total. The monoisotopic (exact) mass is 362 g/mol. The highest BCUT2D eigenvalue weighted by molar-refractivity contribution is 7.90. The molecule has 130 valence electrons. The molecule has 0 aliphatic rings. The molecule has 0 saturated carbocycles. The van der Waals surface area contributed by atoms with Crippen molar-refractivity contribution in [3.8, 4) is 16.9 Å². The first-order valence-corrected chi connectivity index (χ1v) is 8.19. The van der Waals surface area contributed by atoms with Gasteiger partial charge in [-0.05, 0) is 31.5 Å². The number of hydrogen-bond donors (Lipinski definition) is 0. The van der Waals surface area contributed by atoms with E-state index in [1.165, 1.54) is 32.3 Å². The molecule has 1 heterocycles. The van der Waals surface area contributed by atoms with Crippen molar-refractivity contribution >= 4 is 16.3 Å². The predicted octanol–water partition coefficient (Wildman–Crippen LogP) is 2.85. The van der Waals surface area contributed by atoms with Crippen LogP contribution in [0.15, 0.2) is 30.6 Å². The fourth-order valence-electron chi connectivity index (χ4n) is 1.83. The molecule has 0 bridgehead atoms. The quantitative estimate of drug-likeness (QED) is 0.765. The molecule has 0 aliphatic carbocycles. The van der Waals surface area contributed by atoms with Crippen molar-refractivity contribution in [1.29, 1.82) is 0 Å². The second-order valence-corrected chi connectivity index (χ2v) is 7.46. The summed E-state index contributed by atoms with van der Waals surface area (Å²) < 4.78 is 65.8. The van der Waals surface area contributed by atoms with Gasteiger partial charge in [0.1, 0.15) is 5.75 Å². The van der Waals surface area contributed by atoms with Crippen molar-refractivity contribution in [2.24, 2.45) is 0 Å². The van der Waals surface area contributed by atoms with Gasteiger partial charge in [0.15, 0.2) is 6.29 Å². The van der Waals surface area contributed by atoms with Crippen molar-refractivity contribution in [2.45, 2.75) is 25.5 Å². The van der Waals surface area contributed by atoms with Crippen molar-refractivity contribution < 1.29 is 31.1 Å². The highest BCUT2D eigenvalue weighted by Gasteiger charge is 2.32. The van der Waals surface area contributed by atoms with Gasteiger partial charge in [0.25, 0.3) is 10.0 Å². The third kappa shape index (κ3) is 3.75. The van der Waals surface area contributed by atoms with Crippen LogP contribution >= 0.6 is 0 Å². The second kappa shape index (κ2) is 6.27. The highest BCUT2D eigenvalue weighted by Crippen LogP contribution is 2.30. The van der Waals surface area contributed by atoms with Gasteiger partial charge in [-0.25, -0.2) is 8.42 Å². The summed E-state index contributed by atoms with van der Waals surface area (Å²) in [5.41, 5.74) is 0.215. The maximum absolute atomic E-state index is 12.4. The minimum Gasteiger partial charge on any atom is -0.405 e. The van der Waals surface area contributed by atoms with E-state index in [1.54, 1.807) is 0 Å². The Hall–Kier alpha value is -2.36. The summed E-state index contributed by atoms with van der Waals surface area (Å²) in [5, 5.41) is 3.01. The van der Waals surface area contributed by atoms with Gasteiger partial charge in [0.2, 0.25) is 0 Å². The Morgan fingerprint density at radius 1 is 1.25 bits per heavy atom. The van der Waals surface area contributed by atoms with Crippen molar-refractivity contribution in [3.63, 3.8) is 0 Å². The maximum Gasteiger partial charge on any atom is 0.573 e. The van der Waals surface area contributed by atoms with Gasteiger partial charge in [0.05, 0.1) is 23.2 Å². The van der Waals surface area contributed by atoms with Gasteiger partial charge in [-0.3, -0.25) is 4.79 Å². The van der Waals surface area contributed by atoms with Crippen LogP contribution in [0.3, 0.4) is 0 Å². The van der Waals surface area contributed by atoms with Gasteiger partial charge in [-0.15, -0.1) is 13.2 Å². The van der Waals surface area contributed by atoms with Crippen LogP contribution < -0.4 is 4.74 Å². The normalized spacial score (nSPS) is 12.4. The predicted molar refractivity (Wildman–Crippen MR) is 79.2 cm³/mol. The third-order valence-corrected chi connectivity index (χ3v) is 5.03. The van der Waals surface area contributed by atoms with Crippen LogP contribution in [0.25, 0.3) is 11.1 Å². The molecular formula is C14H13F3N2O4S. The number of aromatic nitrogens is 2. The van der Waals surface area contributed by atoms with Gasteiger partial charge in [-0.1, -0.05) is 6.07 Å². The first kappa shape index (κ1) is 18.0. The third-order valence-electron chi connectivity index (χ3n) is 3.12. The van der Waals surface area contributed by atoms with Gasteiger partial charge in [0, 0.05) is 5.56 Å². The van der Waals surface area contributed by atoms with E-state index in [9.17, 15) is 26.4 Å². The Bertz CT molecular complexity index is 857. The number of ether oxygens (including phenoxy) is 1. The largest absolute Gasteiger partial charge is 0.573 e. The lowest BCUT2D eigenvalue weighted by Gasteiger charge is -2.11. The van der Waals surface area contributed by atoms with Crippen LogP contribution in [0, 0.1) is 0 Å². The zero-order valence-electron chi connectivity index (χ0n) is 12.6. The second-order valence-electron chi connectivity index (χ2n) is 5.11. The highest BCUT2D eigenvalue weighted by atomic mass is 32.2. The number of nitrogens with zero attached hydrogens (tertiary/aromatic N) is 2. The average Bonchev–Trinajstić information content (AvgIpc) is 2.95. The fourth-order valence-corrected chi connectivity index (χ4v) is 2.70. The lowest BCUT2D eigenvalue weighted by molar-refractivity contribution is -0.274. The van der Waals surface area contributed by atoms with Crippen molar-refractivity contribution in [2.75, 3.05) is 0 Å². The minimum absolute atomic E-state index is 0.227. The molecule has 1 aromatic heterocycles. The topological polar surface area (TPSA) is 78.3 Å². The first-order valence-electron chi connectivity index (χ1n) is 6.69. The number of halogens is 3. The van der Waals surface area contributed by atoms with E-state index >= 15 is 0 Å². The zero-order valence-corrected chi connectivity index (χ0v) is 13.4. The summed E-state index contributed by atoms with van der Waals surface area (Å²) in [6.07, 6.45) is -2.34. The molecule has 0 radical (unpaired) electrons. The van der Waals surface area contributed by atoms with Gasteiger partial charge in [-0.2, -0.15) is 9.19 Å². The molecule has 10 heteroatoms. The van der Waals surface area contributed by atoms with E-state index in [0.29, 0.717) is 0 Å². The molecule has 0 amide bonds. The SMILES string of the molecule is CC(C)S(=O)(=O)n1cc(-c2ccc(C=O)c(OC(F)(F)F)c2)cn1. The number of rotatable bonds is 5. The lowest BCUT2D eigenvalue weighted by Crippen LogP contribution is -2.22. The Morgan fingerprint density at radius 2 is 1.92 bits per heavy atom. The molecule has 1 aromatic carbocycles. The molecule has 24 heavy (non-hydrogen) atoms. The molecule has 2 aromatic rings. The summed E-state index contributed by atoms with van der Waals surface area (Å²) in [6, 6.07) is 3.52. The number of aldehydes is 1. The van der Waals surface area contributed by atoms with Crippen LogP contribution in [-0.4, -0.2) is 35.5 Å². The molecule has 2 rings (SSSR count). The summed E-state index contributed by atoms with van der Waals surface area (Å²) >= 11 is 0. The molecule has 0 aliphatic heterocycles. The number of benzene rings is 1. The van der Waals surface area contributed by atoms with Crippen LogP contribution in [0.2, 0.25) is 0 Å². The molecule has 0 unspecified atom stereocenters. The first-order chi connectivity index (χ1) is 11.0. The molecule has 6 nitrogen and oxygen atoms in total. The summed E-state index contributed by atoms with van der Waals surface area (Å²) in [4.78, 5) is 10.8. The van der Waals surface area contributed by atoms with Crippen molar-refractivity contribution in [1.82, 2.24) is 9.19 Å². The molecule has 0 atom stereocenters. The molecule has 0 fully saturated rings. The fraction of sp³-hybridized carbons (Fsp3) is 0.286. The molecule has 0 spiro atoms. The Balaban J connectivity index is 2.45. The number of carbonyl (C=O) groups excluding carboxylic acids is 1. The summed E-state index contributed by atoms with van der Waals surface area (Å²) in [6.45, 7) is 2.95. The van der Waals surface area contributed by atoms with Crippen LogP contribution in [0.1, 0.15) is 24.2 Å². The zero-order chi connectivity index (χ0) is 18.1. The van der Waals surface area contributed by atoms with Gasteiger partial charge < -0.3 is 4.74 Å². The van der Waals surface area contributed by atoms with E-state index in [-0.39, 0.29) is 23.0 Å². The van der Waals surface area contributed by atoms with E-state index < -0.39 is 27.4 Å². The molecule has 0 saturated heterocycles. The smallest absolute Gasteiger partial charge is 0.405 e. The Kier molecular flexibility index (Phi) is 4.70. The average molecular weight is 362 g/mol. The van der Waals surface area contributed by atoms with Crippen LogP contribution in [0.5, 0.6) is 5.75 Å². The lowest BCUT2D eigenvalue weighted by atomic mass is 10.1. The van der Waals surface area contributed by atoms with E-state index in [2.05, 4.69) is 9.84 Å². The van der Waals surface area contributed by atoms with Gasteiger partial charge >= 0.3 is 6.36 Å². The molecular weight excluding hydrogens is 349 g/mol. The van der Waals surface area contributed by atoms with Crippen LogP contribution in [0.4, 0.5) is 13.2 Å². The summed E-state index contributed by atoms with van der Waals surface area (Å²) in [5.74, 6) is -0.672. The number of hydrogen-bond acceptors (Lipinski definition) is 5. The minimum atomic E-state index is -4.96. The summed E-state index contributed by atoms with van der Waals surface area (Å²) in [7, 11) is -3.68. The van der Waals surface area contributed by atoms with E-state index in [1.807, 2.05) is 0 Å². The number of carbonyl (C=O) groups is 1.